The summed E-state index contributed by atoms with van der Waals surface area (Å²) in [6.07, 6.45) is 3.60. The van der Waals surface area contributed by atoms with Gasteiger partial charge in [-0.2, -0.15) is 9.97 Å². The molecule has 4 saturated carbocycles. The second-order valence-electron chi connectivity index (χ2n) is 10.7. The van der Waals surface area contributed by atoms with E-state index in [1.165, 1.54) is 30.2 Å². The molecule has 5 fully saturated rings. The van der Waals surface area contributed by atoms with E-state index in [0.717, 1.165) is 37.0 Å². The second kappa shape index (κ2) is 8.09. The van der Waals surface area contributed by atoms with Gasteiger partial charge in [0.25, 0.3) is 0 Å². The number of aliphatic hydroxyl groups is 2. The molecule has 186 valence electrons. The maximum absolute atomic E-state index is 11.2. The van der Waals surface area contributed by atoms with Crippen LogP contribution in [0, 0.1) is 17.8 Å². The van der Waals surface area contributed by atoms with Gasteiger partial charge in [-0.25, -0.2) is 4.98 Å². The molecule has 0 spiro atoms. The smallest absolute Gasteiger partial charge is 0.325 e. The number of nitrogens with one attached hydrogen (secondary N) is 1. The van der Waals surface area contributed by atoms with Gasteiger partial charge >= 0.3 is 7.60 Å². The van der Waals surface area contributed by atoms with E-state index in [0.29, 0.717) is 17.0 Å². The minimum Gasteiger partial charge on any atom is -0.388 e. The van der Waals surface area contributed by atoms with Crippen molar-refractivity contribution in [2.24, 2.45) is 17.8 Å². The molecular weight excluding hydrogens is 485 g/mol. The first kappa shape index (κ1) is 23.1. The summed E-state index contributed by atoms with van der Waals surface area (Å²) < 4.78 is 18.5. The lowest BCUT2D eigenvalue weighted by atomic mass is 9.53. The fourth-order valence-corrected chi connectivity index (χ4v) is 7.93. The Bertz CT molecular complexity index is 1120. The lowest BCUT2D eigenvalue weighted by Gasteiger charge is -2.57. The first-order valence-electron chi connectivity index (χ1n) is 11.8. The molecule has 1 aliphatic heterocycles. The van der Waals surface area contributed by atoms with Gasteiger partial charge in [0.1, 0.15) is 12.2 Å². The predicted octanol–water partition coefficient (Wildman–Crippen LogP) is 2.05. The molecule has 5 N–H and O–H groups in total. The van der Waals surface area contributed by atoms with Crippen LogP contribution >= 0.6 is 19.2 Å². The van der Waals surface area contributed by atoms with Crippen LogP contribution in [0.5, 0.6) is 0 Å². The van der Waals surface area contributed by atoms with E-state index in [4.69, 9.17) is 26.1 Å². The van der Waals surface area contributed by atoms with Gasteiger partial charge in [-0.3, -0.25) is 9.13 Å². The molecule has 3 heterocycles. The van der Waals surface area contributed by atoms with Crippen molar-refractivity contribution in [1.82, 2.24) is 19.5 Å². The number of anilines is 1. The first-order valence-corrected chi connectivity index (χ1v) is 14.0. The Balaban J connectivity index is 1.29. The van der Waals surface area contributed by atoms with E-state index < -0.39 is 38.3 Å². The summed E-state index contributed by atoms with van der Waals surface area (Å²) in [7, 11) is -4.26. The van der Waals surface area contributed by atoms with Crippen molar-refractivity contribution in [2.75, 3.05) is 11.5 Å². The molecule has 0 aromatic carbocycles. The third kappa shape index (κ3) is 4.05. The number of aliphatic hydroxyl groups excluding tert-OH is 2. The summed E-state index contributed by atoms with van der Waals surface area (Å²) in [5, 5.41) is 24.8. The van der Waals surface area contributed by atoms with Gasteiger partial charge < -0.3 is 30.1 Å². The molecule has 11 nitrogen and oxygen atoms in total. The van der Waals surface area contributed by atoms with Crippen LogP contribution < -0.4 is 5.32 Å². The fraction of sp³-hybridized carbons (Fsp3) is 0.762. The molecule has 2 aromatic rings. The highest BCUT2D eigenvalue weighted by Crippen LogP contribution is 2.56. The molecule has 7 rings (SSSR count). The molecule has 4 atom stereocenters. The van der Waals surface area contributed by atoms with E-state index in [1.54, 1.807) is 0 Å². The Morgan fingerprint density at radius 1 is 1.12 bits per heavy atom. The van der Waals surface area contributed by atoms with E-state index in [9.17, 15) is 14.8 Å². The summed E-state index contributed by atoms with van der Waals surface area (Å²) >= 11 is 6.30. The number of imidazole rings is 1. The Labute approximate surface area is 201 Å². The number of nitrogens with zero attached hydrogens (tertiary/aromatic N) is 4. The van der Waals surface area contributed by atoms with Gasteiger partial charge in [0.05, 0.1) is 18.6 Å². The molecule has 5 aliphatic rings. The molecule has 0 amide bonds. The van der Waals surface area contributed by atoms with Crippen molar-refractivity contribution in [3.05, 3.63) is 11.6 Å². The van der Waals surface area contributed by atoms with E-state index in [2.05, 4.69) is 20.3 Å². The molecule has 2 unspecified atom stereocenters. The highest BCUT2D eigenvalue weighted by Gasteiger charge is 2.51. The molecule has 0 radical (unpaired) electrons. The third-order valence-electron chi connectivity index (χ3n) is 8.13. The van der Waals surface area contributed by atoms with E-state index in [-0.39, 0.29) is 17.2 Å². The lowest BCUT2D eigenvalue weighted by Crippen LogP contribution is -2.54. The summed E-state index contributed by atoms with van der Waals surface area (Å²) in [5.74, 6) is 2.80. The van der Waals surface area contributed by atoms with Gasteiger partial charge in [0.2, 0.25) is 5.28 Å². The second-order valence-corrected chi connectivity index (χ2v) is 12.8. The Morgan fingerprint density at radius 2 is 1.76 bits per heavy atom. The van der Waals surface area contributed by atoms with Gasteiger partial charge in [0, 0.05) is 5.54 Å². The molecular formula is C21H29ClN5O6P. The largest absolute Gasteiger partial charge is 0.388 e. The Hall–Kier alpha value is -1.33. The van der Waals surface area contributed by atoms with Gasteiger partial charge in [-0.1, -0.05) is 0 Å². The van der Waals surface area contributed by atoms with Crippen LogP contribution in [0.1, 0.15) is 51.2 Å². The Morgan fingerprint density at radius 3 is 2.38 bits per heavy atom. The molecule has 1 saturated heterocycles. The van der Waals surface area contributed by atoms with Crippen molar-refractivity contribution in [3.63, 3.8) is 0 Å². The van der Waals surface area contributed by atoms with Crippen LogP contribution in [0.15, 0.2) is 6.33 Å². The zero-order valence-corrected chi connectivity index (χ0v) is 20.1. The van der Waals surface area contributed by atoms with Gasteiger partial charge in [-0.05, 0) is 74.3 Å². The quantitative estimate of drug-likeness (QED) is 0.285. The maximum atomic E-state index is 11.2. The van der Waals surface area contributed by atoms with Crippen molar-refractivity contribution in [1.29, 1.82) is 0 Å². The van der Waals surface area contributed by atoms with Crippen molar-refractivity contribution < 1.29 is 29.3 Å². The maximum Gasteiger partial charge on any atom is 0.325 e. The van der Waals surface area contributed by atoms with E-state index >= 15 is 0 Å². The lowest BCUT2D eigenvalue weighted by molar-refractivity contribution is -0.0355. The first-order chi connectivity index (χ1) is 16.1. The number of aromatic nitrogens is 4. The number of rotatable bonds is 6. The zero-order chi connectivity index (χ0) is 23.8. The molecule has 4 aliphatic carbocycles. The number of halogens is 1. The van der Waals surface area contributed by atoms with Gasteiger partial charge in [-0.15, -0.1) is 0 Å². The van der Waals surface area contributed by atoms with Crippen LogP contribution in [0.4, 0.5) is 5.82 Å². The number of fused-ring (bicyclic) bond motifs is 1. The van der Waals surface area contributed by atoms with Crippen LogP contribution in [-0.2, 0) is 9.30 Å². The van der Waals surface area contributed by atoms with Crippen molar-refractivity contribution in [3.8, 4) is 0 Å². The fourth-order valence-electron chi connectivity index (χ4n) is 7.17. The predicted molar refractivity (Wildman–Crippen MR) is 122 cm³/mol. The Kier molecular flexibility index (Phi) is 5.50. The summed E-state index contributed by atoms with van der Waals surface area (Å²) in [6.45, 7) is 0. The number of ether oxygens (including phenoxy) is 1. The molecule has 4 bridgehead atoms. The van der Waals surface area contributed by atoms with Gasteiger partial charge in [0.15, 0.2) is 23.2 Å². The molecule has 13 heteroatoms. The summed E-state index contributed by atoms with van der Waals surface area (Å²) in [4.78, 5) is 31.6. The highest BCUT2D eigenvalue weighted by atomic mass is 35.5. The average Bonchev–Trinajstić information content (AvgIpc) is 3.26. The number of hydrogen-bond donors (Lipinski definition) is 5. The SMILES string of the molecule is O=P(O)(O)CC[C@H]1O[C@@H](n2cnc3c(NC45CC6CC(CC(C6)C4)C5)nc(Cl)nc32)C(O)C1O. The van der Waals surface area contributed by atoms with Crippen LogP contribution in [0.25, 0.3) is 11.2 Å². The highest BCUT2D eigenvalue weighted by molar-refractivity contribution is 7.51. The number of hydrogen-bond acceptors (Lipinski definition) is 8. The topological polar surface area (TPSA) is 163 Å². The summed E-state index contributed by atoms with van der Waals surface area (Å²) in [5.41, 5.74) is 0.847. The average molecular weight is 514 g/mol. The zero-order valence-electron chi connectivity index (χ0n) is 18.5. The monoisotopic (exact) mass is 513 g/mol. The third-order valence-corrected chi connectivity index (χ3v) is 9.14. The van der Waals surface area contributed by atoms with Crippen LogP contribution in [0.2, 0.25) is 5.28 Å². The normalized spacial score (nSPS) is 39.3. The van der Waals surface area contributed by atoms with Crippen LogP contribution in [0.3, 0.4) is 0 Å². The van der Waals surface area contributed by atoms with Crippen LogP contribution in [-0.4, -0.2) is 69.5 Å². The minimum absolute atomic E-state index is 0.0175. The van der Waals surface area contributed by atoms with Crippen molar-refractivity contribution in [2.45, 2.75) is 75.0 Å². The van der Waals surface area contributed by atoms with Crippen molar-refractivity contribution >= 4 is 36.2 Å². The summed E-state index contributed by atoms with van der Waals surface area (Å²) in [6, 6.07) is 0. The minimum atomic E-state index is -4.26. The standard InChI is InChI=1S/C21H29ClN5O6P/c22-20-24-17(26-21-6-10-3-11(7-21)5-12(4-10)8-21)14-18(25-20)27(9-23-14)19-16(29)15(28)13(33-19)1-2-34(30,31)32/h9-13,15-16,19,28-29H,1-8H2,(H,24,25,26)(H2,30,31,32)/t10?,11?,12?,13-,15?,16?,19-,21?/m1/s1. The molecule has 2 aromatic heterocycles. The molecule has 34 heavy (non-hydrogen) atoms. The van der Waals surface area contributed by atoms with E-state index in [1.807, 2.05) is 0 Å².